The summed E-state index contributed by atoms with van der Waals surface area (Å²) in [5.74, 6) is 0. The third-order valence-electron chi connectivity index (χ3n) is 5.43. The summed E-state index contributed by atoms with van der Waals surface area (Å²) in [6.07, 6.45) is 4.86. The van der Waals surface area contributed by atoms with Crippen molar-refractivity contribution in [1.82, 2.24) is 9.88 Å². The van der Waals surface area contributed by atoms with Crippen LogP contribution in [0.25, 0.3) is 21.3 Å². The molecule has 0 N–H and O–H groups in total. The molecule has 2 aromatic carbocycles. The Bertz CT molecular complexity index is 850. The van der Waals surface area contributed by atoms with E-state index in [9.17, 15) is 0 Å². The van der Waals surface area contributed by atoms with Crippen LogP contribution in [0, 0.1) is 0 Å². The molecule has 0 saturated carbocycles. The fourth-order valence-electron chi connectivity index (χ4n) is 3.76. The first-order valence-electron chi connectivity index (χ1n) is 9.46. The Morgan fingerprint density at radius 2 is 1.92 bits per heavy atom. The Balaban J connectivity index is 1.52. The largest absolute Gasteiger partial charge is 0.300 e. The highest BCUT2D eigenvalue weighted by Gasteiger charge is 2.20. The molecule has 3 heteroatoms. The van der Waals surface area contributed by atoms with Gasteiger partial charge in [-0.2, -0.15) is 0 Å². The first kappa shape index (κ1) is 16.7. The molecular weight excluding hydrogens is 324 g/mol. The molecule has 130 valence electrons. The molecule has 2 heterocycles. The number of hydrogen-bond acceptors (Lipinski definition) is 3. The number of likely N-dealkylation sites (tertiary alicyclic amines) is 1. The third-order valence-corrected chi connectivity index (χ3v) is 6.53. The summed E-state index contributed by atoms with van der Waals surface area (Å²) in [6.45, 7) is 6.94. The van der Waals surface area contributed by atoms with E-state index in [0.717, 1.165) is 30.9 Å². The van der Waals surface area contributed by atoms with Gasteiger partial charge < -0.3 is 4.90 Å². The van der Waals surface area contributed by atoms with E-state index in [-0.39, 0.29) is 0 Å². The molecule has 1 aliphatic rings. The van der Waals surface area contributed by atoms with Gasteiger partial charge >= 0.3 is 0 Å². The molecule has 0 amide bonds. The van der Waals surface area contributed by atoms with Crippen molar-refractivity contribution in [3.8, 4) is 11.1 Å². The van der Waals surface area contributed by atoms with E-state index in [1.165, 1.54) is 45.8 Å². The van der Waals surface area contributed by atoms with Gasteiger partial charge in [0.1, 0.15) is 0 Å². The van der Waals surface area contributed by atoms with E-state index in [2.05, 4.69) is 61.2 Å². The van der Waals surface area contributed by atoms with Gasteiger partial charge in [0, 0.05) is 19.0 Å². The maximum atomic E-state index is 4.91. The van der Waals surface area contributed by atoms with Crippen molar-refractivity contribution < 1.29 is 0 Å². The first-order valence-corrected chi connectivity index (χ1v) is 10.3. The minimum absolute atomic E-state index is 0.743. The van der Waals surface area contributed by atoms with Gasteiger partial charge in [-0.25, -0.2) is 4.98 Å². The summed E-state index contributed by atoms with van der Waals surface area (Å²) < 4.78 is 1.30. The van der Waals surface area contributed by atoms with Crippen LogP contribution in [0.4, 0.5) is 0 Å². The van der Waals surface area contributed by atoms with E-state index in [1.807, 2.05) is 11.3 Å². The molecule has 0 unspecified atom stereocenters. The smallest absolute Gasteiger partial charge is 0.0951 e. The minimum Gasteiger partial charge on any atom is -0.300 e. The molecule has 2 nitrogen and oxygen atoms in total. The molecule has 0 bridgehead atoms. The summed E-state index contributed by atoms with van der Waals surface area (Å²) in [7, 11) is 0. The van der Waals surface area contributed by atoms with Crippen molar-refractivity contribution >= 4 is 21.6 Å². The summed E-state index contributed by atoms with van der Waals surface area (Å²) in [5, 5.41) is 1.27. The van der Waals surface area contributed by atoms with Crippen LogP contribution in [0.5, 0.6) is 0 Å². The fraction of sp³-hybridized carbons (Fsp3) is 0.409. The van der Waals surface area contributed by atoms with E-state index in [1.54, 1.807) is 0 Å². The van der Waals surface area contributed by atoms with E-state index in [4.69, 9.17) is 4.98 Å². The van der Waals surface area contributed by atoms with Crippen LogP contribution < -0.4 is 0 Å². The van der Waals surface area contributed by atoms with Gasteiger partial charge in [-0.05, 0) is 61.6 Å². The quantitative estimate of drug-likeness (QED) is 0.599. The Labute approximate surface area is 154 Å². The van der Waals surface area contributed by atoms with E-state index >= 15 is 0 Å². The maximum absolute atomic E-state index is 4.91. The lowest BCUT2D eigenvalue weighted by molar-refractivity contribution is 0.272. The van der Waals surface area contributed by atoms with Crippen molar-refractivity contribution in [1.29, 1.82) is 0 Å². The number of rotatable bonds is 5. The number of aromatic nitrogens is 1. The highest BCUT2D eigenvalue weighted by molar-refractivity contribution is 7.18. The highest BCUT2D eigenvalue weighted by Crippen LogP contribution is 2.29. The molecular formula is C22H26N2S. The standard InChI is InChI=1S/C22H26N2S/c1-3-17-6-8-18(9-7-17)19-10-11-21-20(15-19)23-22(25-21)12-14-24-13-4-5-16(24)2/h6-11,15-16H,3-5,12-14H2,1-2H3/t16-/m1/s1. The molecule has 1 saturated heterocycles. The Morgan fingerprint density at radius 1 is 1.12 bits per heavy atom. The second-order valence-corrected chi connectivity index (χ2v) is 8.23. The van der Waals surface area contributed by atoms with E-state index in [0.29, 0.717) is 0 Å². The fourth-order valence-corrected chi connectivity index (χ4v) is 4.70. The summed E-state index contributed by atoms with van der Waals surface area (Å²) >= 11 is 1.85. The predicted molar refractivity (Wildman–Crippen MR) is 108 cm³/mol. The zero-order chi connectivity index (χ0) is 17.2. The average Bonchev–Trinajstić information content (AvgIpc) is 3.24. The number of hydrogen-bond donors (Lipinski definition) is 0. The van der Waals surface area contributed by atoms with Gasteiger partial charge in [0.05, 0.1) is 15.2 Å². The molecule has 3 aromatic rings. The average molecular weight is 351 g/mol. The molecule has 1 fully saturated rings. The summed E-state index contributed by atoms with van der Waals surface area (Å²) in [4.78, 5) is 7.51. The summed E-state index contributed by atoms with van der Waals surface area (Å²) in [5.41, 5.74) is 5.07. The number of benzene rings is 2. The molecule has 0 radical (unpaired) electrons. The van der Waals surface area contributed by atoms with Crippen molar-refractivity contribution in [3.05, 3.63) is 53.0 Å². The number of thiazole rings is 1. The molecule has 4 rings (SSSR count). The van der Waals surface area contributed by atoms with Crippen LogP contribution in [0.3, 0.4) is 0 Å². The lowest BCUT2D eigenvalue weighted by Crippen LogP contribution is -2.28. The molecule has 0 spiro atoms. The van der Waals surface area contributed by atoms with Crippen molar-refractivity contribution in [3.63, 3.8) is 0 Å². The SMILES string of the molecule is CCc1ccc(-c2ccc3sc(CCN4CCC[C@H]4C)nc3c2)cc1. The molecule has 1 atom stereocenters. The second-order valence-electron chi connectivity index (χ2n) is 7.12. The normalized spacial score (nSPS) is 18.2. The van der Waals surface area contributed by atoms with Crippen molar-refractivity contribution in [2.24, 2.45) is 0 Å². The zero-order valence-electron chi connectivity index (χ0n) is 15.2. The summed E-state index contributed by atoms with van der Waals surface area (Å²) in [6, 6.07) is 16.4. The van der Waals surface area contributed by atoms with Crippen molar-refractivity contribution in [2.45, 2.75) is 45.6 Å². The van der Waals surface area contributed by atoms with E-state index < -0.39 is 0 Å². The van der Waals surface area contributed by atoms with Crippen molar-refractivity contribution in [2.75, 3.05) is 13.1 Å². The number of nitrogens with zero attached hydrogens (tertiary/aromatic N) is 2. The third kappa shape index (κ3) is 3.63. The predicted octanol–water partition coefficient (Wildman–Crippen LogP) is 5.55. The van der Waals surface area contributed by atoms with Crippen LogP contribution >= 0.6 is 11.3 Å². The van der Waals surface area contributed by atoms with Crippen LogP contribution in [0.2, 0.25) is 0 Å². The first-order chi connectivity index (χ1) is 12.2. The minimum atomic E-state index is 0.743. The highest BCUT2D eigenvalue weighted by atomic mass is 32.1. The molecule has 1 aliphatic heterocycles. The molecule has 1 aromatic heterocycles. The Hall–Kier alpha value is -1.71. The Kier molecular flexibility index (Phi) is 4.87. The van der Waals surface area contributed by atoms with Crippen LogP contribution in [0.15, 0.2) is 42.5 Å². The van der Waals surface area contributed by atoms with Crippen LogP contribution in [-0.2, 0) is 12.8 Å². The Morgan fingerprint density at radius 3 is 2.64 bits per heavy atom. The van der Waals surface area contributed by atoms with Gasteiger partial charge in [-0.3, -0.25) is 0 Å². The van der Waals surface area contributed by atoms with Crippen LogP contribution in [0.1, 0.15) is 37.3 Å². The number of aryl methyl sites for hydroxylation is 1. The van der Waals surface area contributed by atoms with Crippen LogP contribution in [-0.4, -0.2) is 29.0 Å². The molecule has 0 aliphatic carbocycles. The number of fused-ring (bicyclic) bond motifs is 1. The van der Waals surface area contributed by atoms with Gasteiger partial charge in [0.25, 0.3) is 0 Å². The zero-order valence-corrected chi connectivity index (χ0v) is 16.0. The maximum Gasteiger partial charge on any atom is 0.0951 e. The second kappa shape index (κ2) is 7.27. The van der Waals surface area contributed by atoms with Gasteiger partial charge in [-0.1, -0.05) is 37.3 Å². The lowest BCUT2D eigenvalue weighted by atomic mass is 10.0. The monoisotopic (exact) mass is 350 g/mol. The van der Waals surface area contributed by atoms with Gasteiger partial charge in [0.2, 0.25) is 0 Å². The van der Waals surface area contributed by atoms with Gasteiger partial charge in [-0.15, -0.1) is 11.3 Å². The van der Waals surface area contributed by atoms with Gasteiger partial charge in [0.15, 0.2) is 0 Å². The molecule has 25 heavy (non-hydrogen) atoms. The topological polar surface area (TPSA) is 16.1 Å². The lowest BCUT2D eigenvalue weighted by Gasteiger charge is -2.19.